The number of rotatable bonds is 4. The maximum atomic E-state index is 10.6. The third-order valence-corrected chi connectivity index (χ3v) is 3.27. The third-order valence-electron chi connectivity index (χ3n) is 3.27. The molecular formula is C15H17NO2. The van der Waals surface area contributed by atoms with Gasteiger partial charge in [0.2, 0.25) is 0 Å². The van der Waals surface area contributed by atoms with E-state index in [-0.39, 0.29) is 12.3 Å². The summed E-state index contributed by atoms with van der Waals surface area (Å²) in [4.78, 5) is 10.6. The number of nitrogens with two attached hydrogens (primary N) is 1. The van der Waals surface area contributed by atoms with Gasteiger partial charge in [-0.2, -0.15) is 0 Å². The van der Waals surface area contributed by atoms with Crippen molar-refractivity contribution in [2.24, 2.45) is 0 Å². The van der Waals surface area contributed by atoms with Gasteiger partial charge < -0.3 is 10.8 Å². The van der Waals surface area contributed by atoms with Crippen LogP contribution >= 0.6 is 0 Å². The van der Waals surface area contributed by atoms with E-state index in [1.165, 1.54) is 0 Å². The fraction of sp³-hybridized carbons (Fsp3) is 0.267. The van der Waals surface area contributed by atoms with Crippen molar-refractivity contribution in [3.63, 3.8) is 0 Å². The van der Waals surface area contributed by atoms with Crippen molar-refractivity contribution in [2.75, 3.05) is 5.73 Å². The highest BCUT2D eigenvalue weighted by atomic mass is 16.4. The maximum Gasteiger partial charge on any atom is 0.303 e. The number of carbonyl (C=O) groups is 1. The largest absolute Gasteiger partial charge is 0.481 e. The first-order valence-corrected chi connectivity index (χ1v) is 6.08. The first kappa shape index (κ1) is 12.4. The molecule has 2 aromatic rings. The minimum absolute atomic E-state index is 0.158. The summed E-state index contributed by atoms with van der Waals surface area (Å²) in [7, 11) is 0. The summed E-state index contributed by atoms with van der Waals surface area (Å²) in [6.07, 6.45) is 0.783. The van der Waals surface area contributed by atoms with E-state index >= 15 is 0 Å². The van der Waals surface area contributed by atoms with E-state index in [9.17, 15) is 4.79 Å². The number of anilines is 1. The van der Waals surface area contributed by atoms with Crippen LogP contribution in [0.15, 0.2) is 36.4 Å². The predicted octanol–water partition coefficient (Wildman–Crippen LogP) is 3.39. The van der Waals surface area contributed by atoms with E-state index in [1.807, 2.05) is 37.3 Å². The van der Waals surface area contributed by atoms with E-state index in [1.54, 1.807) is 0 Å². The molecule has 0 radical (unpaired) electrons. The molecular weight excluding hydrogens is 226 g/mol. The first-order valence-electron chi connectivity index (χ1n) is 6.08. The highest BCUT2D eigenvalue weighted by Crippen LogP contribution is 2.30. The van der Waals surface area contributed by atoms with Gasteiger partial charge in [-0.1, -0.05) is 31.2 Å². The summed E-state index contributed by atoms with van der Waals surface area (Å²) < 4.78 is 0. The van der Waals surface area contributed by atoms with E-state index in [2.05, 4.69) is 6.07 Å². The van der Waals surface area contributed by atoms with Crippen LogP contribution in [0.25, 0.3) is 10.8 Å². The van der Waals surface area contributed by atoms with Crippen LogP contribution in [0.1, 0.15) is 31.2 Å². The molecule has 0 saturated carbocycles. The number of hydrogen-bond donors (Lipinski definition) is 2. The summed E-state index contributed by atoms with van der Waals surface area (Å²) in [6.45, 7) is 2.02. The van der Waals surface area contributed by atoms with Gasteiger partial charge in [-0.25, -0.2) is 0 Å². The second-order valence-corrected chi connectivity index (χ2v) is 4.66. The van der Waals surface area contributed by atoms with Crippen molar-refractivity contribution in [1.29, 1.82) is 0 Å². The van der Waals surface area contributed by atoms with E-state index in [0.717, 1.165) is 22.0 Å². The van der Waals surface area contributed by atoms with Gasteiger partial charge in [0.05, 0.1) is 0 Å². The Bertz CT molecular complexity index is 578. The Kier molecular flexibility index (Phi) is 3.51. The lowest BCUT2D eigenvalue weighted by Gasteiger charge is -2.14. The van der Waals surface area contributed by atoms with Gasteiger partial charge in [0, 0.05) is 12.1 Å². The first-order chi connectivity index (χ1) is 8.58. The highest BCUT2D eigenvalue weighted by Gasteiger charge is 2.12. The average Bonchev–Trinajstić information content (AvgIpc) is 2.35. The van der Waals surface area contributed by atoms with Crippen LogP contribution in [0, 0.1) is 0 Å². The zero-order chi connectivity index (χ0) is 13.1. The van der Waals surface area contributed by atoms with Gasteiger partial charge in [-0.15, -0.1) is 0 Å². The topological polar surface area (TPSA) is 63.3 Å². The molecule has 0 aromatic heterocycles. The molecule has 0 amide bonds. The zero-order valence-corrected chi connectivity index (χ0v) is 10.4. The lowest BCUT2D eigenvalue weighted by Crippen LogP contribution is -2.03. The summed E-state index contributed by atoms with van der Waals surface area (Å²) in [5, 5.41) is 11.0. The quantitative estimate of drug-likeness (QED) is 0.809. The molecule has 3 N–H and O–H groups in total. The van der Waals surface area contributed by atoms with E-state index in [0.29, 0.717) is 6.42 Å². The monoisotopic (exact) mass is 243 g/mol. The van der Waals surface area contributed by atoms with Crippen LogP contribution in [0.2, 0.25) is 0 Å². The molecule has 1 unspecified atom stereocenters. The second-order valence-electron chi connectivity index (χ2n) is 4.66. The van der Waals surface area contributed by atoms with Crippen molar-refractivity contribution in [3.05, 3.63) is 42.0 Å². The van der Waals surface area contributed by atoms with Crippen LogP contribution < -0.4 is 5.73 Å². The number of carboxylic acid groups (broad SMARTS) is 1. The second kappa shape index (κ2) is 5.08. The van der Waals surface area contributed by atoms with Gasteiger partial charge in [0.15, 0.2) is 0 Å². The Morgan fingerprint density at radius 3 is 2.50 bits per heavy atom. The Morgan fingerprint density at radius 2 is 1.89 bits per heavy atom. The molecule has 1 atom stereocenters. The number of aliphatic carboxylic acids is 1. The van der Waals surface area contributed by atoms with Crippen LogP contribution in [-0.4, -0.2) is 11.1 Å². The molecule has 0 aliphatic carbocycles. The smallest absolute Gasteiger partial charge is 0.303 e. The SMILES string of the molecule is CC(CCC(=O)O)c1cc2ccccc2cc1N. The van der Waals surface area contributed by atoms with Crippen LogP contribution in [0.3, 0.4) is 0 Å². The Hall–Kier alpha value is -2.03. The average molecular weight is 243 g/mol. The lowest BCUT2D eigenvalue weighted by atomic mass is 9.92. The van der Waals surface area contributed by atoms with Gasteiger partial charge >= 0.3 is 5.97 Å². The van der Waals surface area contributed by atoms with Gasteiger partial charge in [0.25, 0.3) is 0 Å². The number of benzene rings is 2. The molecule has 3 heteroatoms. The summed E-state index contributed by atoms with van der Waals surface area (Å²) in [5.74, 6) is -0.605. The zero-order valence-electron chi connectivity index (χ0n) is 10.4. The molecule has 0 saturated heterocycles. The summed E-state index contributed by atoms with van der Waals surface area (Å²) in [5.41, 5.74) is 7.83. The number of hydrogen-bond acceptors (Lipinski definition) is 2. The van der Waals surface area contributed by atoms with Gasteiger partial charge in [-0.3, -0.25) is 4.79 Å². The van der Waals surface area contributed by atoms with Gasteiger partial charge in [-0.05, 0) is 40.8 Å². The van der Waals surface area contributed by atoms with Gasteiger partial charge in [0.1, 0.15) is 0 Å². The Labute approximate surface area is 106 Å². The normalized spacial score (nSPS) is 12.5. The molecule has 3 nitrogen and oxygen atoms in total. The highest BCUT2D eigenvalue weighted by molar-refractivity contribution is 5.87. The molecule has 0 spiro atoms. The molecule has 2 aromatic carbocycles. The third kappa shape index (κ3) is 2.62. The van der Waals surface area contributed by atoms with Crippen molar-refractivity contribution in [2.45, 2.75) is 25.7 Å². The molecule has 2 rings (SSSR count). The Morgan fingerprint density at radius 1 is 1.28 bits per heavy atom. The van der Waals surface area contributed by atoms with Crippen molar-refractivity contribution in [3.8, 4) is 0 Å². The molecule has 94 valence electrons. The molecule has 18 heavy (non-hydrogen) atoms. The standard InChI is InChI=1S/C15H17NO2/c1-10(6-7-15(17)18)13-8-11-4-2-3-5-12(11)9-14(13)16/h2-5,8-10H,6-7,16H2,1H3,(H,17,18). The molecule has 0 bridgehead atoms. The maximum absolute atomic E-state index is 10.6. The molecule has 0 heterocycles. The van der Waals surface area contributed by atoms with Crippen molar-refractivity contribution < 1.29 is 9.90 Å². The predicted molar refractivity (Wildman–Crippen MR) is 73.6 cm³/mol. The lowest BCUT2D eigenvalue weighted by molar-refractivity contribution is -0.137. The number of fused-ring (bicyclic) bond motifs is 1. The fourth-order valence-corrected chi connectivity index (χ4v) is 2.20. The molecule has 0 aliphatic heterocycles. The van der Waals surface area contributed by atoms with Crippen LogP contribution in [-0.2, 0) is 4.79 Å². The summed E-state index contributed by atoms with van der Waals surface area (Å²) >= 11 is 0. The minimum Gasteiger partial charge on any atom is -0.481 e. The molecule has 0 fully saturated rings. The van der Waals surface area contributed by atoms with Crippen LogP contribution in [0.5, 0.6) is 0 Å². The Balaban J connectivity index is 2.32. The molecule has 0 aliphatic rings. The van der Waals surface area contributed by atoms with E-state index in [4.69, 9.17) is 10.8 Å². The fourth-order valence-electron chi connectivity index (χ4n) is 2.20. The summed E-state index contributed by atoms with van der Waals surface area (Å²) in [6, 6.07) is 12.1. The number of carboxylic acids is 1. The number of nitrogen functional groups attached to an aromatic ring is 1. The van der Waals surface area contributed by atoms with Crippen molar-refractivity contribution >= 4 is 22.4 Å². The van der Waals surface area contributed by atoms with Crippen LogP contribution in [0.4, 0.5) is 5.69 Å². The minimum atomic E-state index is -0.763. The van der Waals surface area contributed by atoms with E-state index < -0.39 is 5.97 Å². The van der Waals surface area contributed by atoms with Crippen molar-refractivity contribution in [1.82, 2.24) is 0 Å².